The molecule has 0 radical (unpaired) electrons. The van der Waals surface area contributed by atoms with Gasteiger partial charge in [0.05, 0.1) is 5.56 Å². The highest BCUT2D eigenvalue weighted by Crippen LogP contribution is 2.34. The molecule has 0 saturated heterocycles. The molecule has 0 aliphatic rings. The van der Waals surface area contributed by atoms with Crippen molar-refractivity contribution in [1.29, 1.82) is 5.26 Å². The molecular formula is C15H10ClN3. The van der Waals surface area contributed by atoms with Crippen LogP contribution in [0.1, 0.15) is 11.1 Å². The van der Waals surface area contributed by atoms with Crippen LogP contribution < -0.4 is 0 Å². The molecule has 19 heavy (non-hydrogen) atoms. The Bertz CT molecular complexity index is 812. The number of nitrogens with zero attached hydrogens (tertiary/aromatic N) is 2. The highest BCUT2D eigenvalue weighted by atomic mass is 35.5. The largest absolute Gasteiger partial charge is 0.345 e. The van der Waals surface area contributed by atoms with E-state index in [0.717, 1.165) is 22.1 Å². The molecule has 0 saturated carbocycles. The van der Waals surface area contributed by atoms with Gasteiger partial charge in [0, 0.05) is 28.4 Å². The first-order valence-electron chi connectivity index (χ1n) is 5.83. The average Bonchev–Trinajstić information content (AvgIpc) is 2.82. The molecule has 0 spiro atoms. The summed E-state index contributed by atoms with van der Waals surface area (Å²) in [6, 6.07) is 9.96. The van der Waals surface area contributed by atoms with Crippen LogP contribution in [-0.2, 0) is 0 Å². The van der Waals surface area contributed by atoms with Crippen LogP contribution in [0, 0.1) is 18.3 Å². The van der Waals surface area contributed by atoms with Crippen LogP contribution in [0.3, 0.4) is 0 Å². The van der Waals surface area contributed by atoms with E-state index in [-0.39, 0.29) is 0 Å². The fraction of sp³-hybridized carbons (Fsp3) is 0.0667. The van der Waals surface area contributed by atoms with Crippen LogP contribution in [0.25, 0.3) is 22.2 Å². The number of nitrogens with one attached hydrogen (secondary N) is 1. The van der Waals surface area contributed by atoms with Gasteiger partial charge in [-0.25, -0.2) is 4.98 Å². The third kappa shape index (κ3) is 1.87. The maximum Gasteiger partial charge on any atom is 0.139 e. The van der Waals surface area contributed by atoms with E-state index in [4.69, 9.17) is 11.6 Å². The Hall–Kier alpha value is -2.31. The Morgan fingerprint density at radius 3 is 2.84 bits per heavy atom. The van der Waals surface area contributed by atoms with E-state index in [0.29, 0.717) is 16.2 Å². The number of aromatic nitrogens is 2. The number of pyridine rings is 1. The molecule has 3 rings (SSSR count). The van der Waals surface area contributed by atoms with Gasteiger partial charge in [0.1, 0.15) is 11.7 Å². The van der Waals surface area contributed by atoms with Crippen molar-refractivity contribution in [3.8, 4) is 17.2 Å². The normalized spacial score (nSPS) is 10.6. The van der Waals surface area contributed by atoms with Crippen molar-refractivity contribution in [2.75, 3.05) is 0 Å². The van der Waals surface area contributed by atoms with Gasteiger partial charge in [-0.05, 0) is 30.2 Å². The number of aromatic amines is 1. The molecule has 0 atom stereocenters. The van der Waals surface area contributed by atoms with Gasteiger partial charge in [0.2, 0.25) is 0 Å². The molecule has 0 aliphatic heterocycles. The molecule has 1 aromatic carbocycles. The van der Waals surface area contributed by atoms with Gasteiger partial charge in [-0.3, -0.25) is 0 Å². The molecule has 3 aromatic rings. The monoisotopic (exact) mass is 267 g/mol. The predicted octanol–water partition coefficient (Wildman–Crippen LogP) is 4.06. The molecule has 2 aromatic heterocycles. The van der Waals surface area contributed by atoms with Gasteiger partial charge in [-0.15, -0.1) is 0 Å². The zero-order chi connectivity index (χ0) is 13.4. The number of nitriles is 1. The minimum atomic E-state index is 0.578. The van der Waals surface area contributed by atoms with Gasteiger partial charge >= 0.3 is 0 Å². The molecule has 3 nitrogen and oxygen atoms in total. The molecule has 2 heterocycles. The summed E-state index contributed by atoms with van der Waals surface area (Å²) in [5.41, 5.74) is 4.22. The van der Waals surface area contributed by atoms with Crippen molar-refractivity contribution in [1.82, 2.24) is 9.97 Å². The number of hydrogen-bond donors (Lipinski definition) is 1. The molecule has 0 aliphatic carbocycles. The Balaban J connectivity index is 2.36. The van der Waals surface area contributed by atoms with Crippen LogP contribution in [0.15, 0.2) is 36.7 Å². The van der Waals surface area contributed by atoms with Gasteiger partial charge in [0.15, 0.2) is 0 Å². The number of aryl methyl sites for hydroxylation is 1. The predicted molar refractivity (Wildman–Crippen MR) is 76.0 cm³/mol. The number of H-pyrrole nitrogens is 1. The van der Waals surface area contributed by atoms with Crippen molar-refractivity contribution in [2.45, 2.75) is 6.92 Å². The SMILES string of the molecule is Cc1ccc(-c2ccnc3[nH]cc(C#N)c23)c(Cl)c1. The Morgan fingerprint density at radius 1 is 1.26 bits per heavy atom. The zero-order valence-electron chi connectivity index (χ0n) is 10.2. The minimum absolute atomic E-state index is 0.578. The molecule has 4 heteroatoms. The molecular weight excluding hydrogens is 258 g/mol. The first-order chi connectivity index (χ1) is 9.20. The second-order valence-corrected chi connectivity index (χ2v) is 4.79. The summed E-state index contributed by atoms with van der Waals surface area (Å²) in [6.45, 7) is 1.99. The average molecular weight is 268 g/mol. The van der Waals surface area contributed by atoms with E-state index in [1.165, 1.54) is 0 Å². The van der Waals surface area contributed by atoms with Crippen molar-refractivity contribution in [2.24, 2.45) is 0 Å². The lowest BCUT2D eigenvalue weighted by atomic mass is 10.0. The van der Waals surface area contributed by atoms with Gasteiger partial charge in [-0.2, -0.15) is 5.26 Å². The summed E-state index contributed by atoms with van der Waals surface area (Å²) in [5, 5.41) is 10.7. The maximum absolute atomic E-state index is 9.18. The van der Waals surface area contributed by atoms with Crippen molar-refractivity contribution < 1.29 is 0 Å². The number of fused-ring (bicyclic) bond motifs is 1. The lowest BCUT2D eigenvalue weighted by Crippen LogP contribution is -1.86. The Morgan fingerprint density at radius 2 is 2.11 bits per heavy atom. The van der Waals surface area contributed by atoms with Crippen molar-refractivity contribution in [3.05, 3.63) is 52.8 Å². The lowest BCUT2D eigenvalue weighted by Gasteiger charge is -2.07. The van der Waals surface area contributed by atoms with Crippen molar-refractivity contribution in [3.63, 3.8) is 0 Å². The van der Waals surface area contributed by atoms with E-state index in [1.54, 1.807) is 12.4 Å². The van der Waals surface area contributed by atoms with Crippen LogP contribution in [-0.4, -0.2) is 9.97 Å². The molecule has 0 bridgehead atoms. The second kappa shape index (κ2) is 4.42. The smallest absolute Gasteiger partial charge is 0.139 e. The van der Waals surface area contributed by atoms with Gasteiger partial charge in [0.25, 0.3) is 0 Å². The Labute approximate surface area is 115 Å². The first kappa shape index (κ1) is 11.8. The van der Waals surface area contributed by atoms with Crippen LogP contribution in [0.5, 0.6) is 0 Å². The number of rotatable bonds is 1. The fourth-order valence-corrected chi connectivity index (χ4v) is 2.54. The van der Waals surface area contributed by atoms with Crippen molar-refractivity contribution >= 4 is 22.6 Å². The molecule has 0 amide bonds. The summed E-state index contributed by atoms with van der Waals surface area (Å²) >= 11 is 6.31. The van der Waals surface area contributed by atoms with Crippen LogP contribution >= 0.6 is 11.6 Å². The highest BCUT2D eigenvalue weighted by Gasteiger charge is 2.13. The lowest BCUT2D eigenvalue weighted by molar-refractivity contribution is 1.32. The molecule has 92 valence electrons. The van der Waals surface area contributed by atoms with E-state index in [2.05, 4.69) is 16.0 Å². The summed E-state index contributed by atoms with van der Waals surface area (Å²) in [6.07, 6.45) is 3.38. The van der Waals surface area contributed by atoms with E-state index in [1.807, 2.05) is 31.2 Å². The number of halogens is 1. The summed E-state index contributed by atoms with van der Waals surface area (Å²) in [7, 11) is 0. The molecule has 0 fully saturated rings. The minimum Gasteiger partial charge on any atom is -0.345 e. The van der Waals surface area contributed by atoms with E-state index in [9.17, 15) is 5.26 Å². The summed E-state index contributed by atoms with van der Waals surface area (Å²) in [5.74, 6) is 0. The van der Waals surface area contributed by atoms with E-state index >= 15 is 0 Å². The van der Waals surface area contributed by atoms with Crippen LogP contribution in [0.2, 0.25) is 5.02 Å². The standard InChI is InChI=1S/C15H10ClN3/c1-9-2-3-11(13(16)6-9)12-4-5-18-15-14(12)10(7-17)8-19-15/h2-6,8H,1H3,(H,18,19). The second-order valence-electron chi connectivity index (χ2n) is 4.38. The fourth-order valence-electron chi connectivity index (χ4n) is 2.21. The maximum atomic E-state index is 9.18. The molecule has 1 N–H and O–H groups in total. The topological polar surface area (TPSA) is 52.5 Å². The Kier molecular flexibility index (Phi) is 2.73. The quantitative estimate of drug-likeness (QED) is 0.723. The van der Waals surface area contributed by atoms with E-state index < -0.39 is 0 Å². The molecule has 0 unspecified atom stereocenters. The zero-order valence-corrected chi connectivity index (χ0v) is 11.0. The number of benzene rings is 1. The van der Waals surface area contributed by atoms with Crippen LogP contribution in [0.4, 0.5) is 0 Å². The summed E-state index contributed by atoms with van der Waals surface area (Å²) < 4.78 is 0. The first-order valence-corrected chi connectivity index (χ1v) is 6.21. The highest BCUT2D eigenvalue weighted by molar-refractivity contribution is 6.33. The summed E-state index contributed by atoms with van der Waals surface area (Å²) in [4.78, 5) is 7.24. The van der Waals surface area contributed by atoms with Gasteiger partial charge in [-0.1, -0.05) is 23.7 Å². The third-order valence-electron chi connectivity index (χ3n) is 3.11. The third-order valence-corrected chi connectivity index (χ3v) is 3.42. The number of hydrogen-bond acceptors (Lipinski definition) is 2. The van der Waals surface area contributed by atoms with Gasteiger partial charge < -0.3 is 4.98 Å².